The minimum Gasteiger partial charge on any atom is -0.348 e. The molecule has 2 aromatic carbocycles. The van der Waals surface area contributed by atoms with E-state index in [0.717, 1.165) is 11.8 Å². The molecule has 1 aliphatic heterocycles. The maximum atomic E-state index is 14.5. The number of fused-ring (bicyclic) bond motifs is 1. The maximum absolute atomic E-state index is 14.5. The third-order valence-electron chi connectivity index (χ3n) is 4.65. The zero-order chi connectivity index (χ0) is 18.3. The fourth-order valence-electron chi connectivity index (χ4n) is 3.41. The van der Waals surface area contributed by atoms with Crippen molar-refractivity contribution in [2.24, 2.45) is 0 Å². The van der Waals surface area contributed by atoms with E-state index in [1.54, 1.807) is 4.90 Å². The van der Waals surface area contributed by atoms with E-state index >= 15 is 0 Å². The van der Waals surface area contributed by atoms with Crippen molar-refractivity contribution in [1.82, 2.24) is 9.47 Å². The van der Waals surface area contributed by atoms with Gasteiger partial charge in [-0.15, -0.1) is 0 Å². The van der Waals surface area contributed by atoms with Crippen LogP contribution in [0, 0.1) is 17.5 Å². The first-order valence-electron chi connectivity index (χ1n) is 8.21. The number of amides is 1. The van der Waals surface area contributed by atoms with Crippen molar-refractivity contribution >= 4 is 5.91 Å². The van der Waals surface area contributed by atoms with E-state index in [1.807, 2.05) is 22.9 Å². The molecule has 26 heavy (non-hydrogen) atoms. The highest BCUT2D eigenvalue weighted by Gasteiger charge is 2.34. The van der Waals surface area contributed by atoms with Crippen molar-refractivity contribution < 1.29 is 18.0 Å². The average Bonchev–Trinajstić information content (AvgIpc) is 3.10. The van der Waals surface area contributed by atoms with Gasteiger partial charge < -0.3 is 9.47 Å². The monoisotopic (exact) mass is 356 g/mol. The van der Waals surface area contributed by atoms with Gasteiger partial charge in [0.15, 0.2) is 0 Å². The Balaban J connectivity index is 1.80. The Bertz CT molecular complexity index is 965. The zero-order valence-corrected chi connectivity index (χ0v) is 13.7. The summed E-state index contributed by atoms with van der Waals surface area (Å²) in [6, 6.07) is 11.6. The van der Waals surface area contributed by atoms with Gasteiger partial charge in [-0.25, -0.2) is 13.2 Å². The largest absolute Gasteiger partial charge is 0.348 e. The molecule has 4 rings (SSSR count). The van der Waals surface area contributed by atoms with Crippen molar-refractivity contribution in [3.05, 3.63) is 95.1 Å². The molecule has 6 heteroatoms. The minimum absolute atomic E-state index is 0.224. The van der Waals surface area contributed by atoms with Crippen LogP contribution in [0.3, 0.4) is 0 Å². The number of halogens is 3. The molecule has 0 fully saturated rings. The highest BCUT2D eigenvalue weighted by atomic mass is 19.1. The van der Waals surface area contributed by atoms with Gasteiger partial charge in [0.05, 0.1) is 0 Å². The minimum atomic E-state index is -0.707. The lowest BCUT2D eigenvalue weighted by Gasteiger charge is -2.37. The summed E-state index contributed by atoms with van der Waals surface area (Å²) in [5.74, 6) is -2.14. The van der Waals surface area contributed by atoms with Crippen LogP contribution in [0.25, 0.3) is 0 Å². The molecular formula is C20H15F3N2O. The molecule has 0 unspecified atom stereocenters. The summed E-state index contributed by atoms with van der Waals surface area (Å²) in [6.07, 6.45) is 1.86. The lowest BCUT2D eigenvalue weighted by atomic mass is 9.98. The molecule has 0 saturated heterocycles. The van der Waals surface area contributed by atoms with Crippen molar-refractivity contribution in [2.75, 3.05) is 6.54 Å². The first-order valence-corrected chi connectivity index (χ1v) is 8.21. The van der Waals surface area contributed by atoms with Gasteiger partial charge in [0.2, 0.25) is 0 Å². The summed E-state index contributed by atoms with van der Waals surface area (Å²) in [4.78, 5) is 14.5. The molecule has 3 nitrogen and oxygen atoms in total. The summed E-state index contributed by atoms with van der Waals surface area (Å²) >= 11 is 0. The van der Waals surface area contributed by atoms with Crippen LogP contribution in [0.4, 0.5) is 13.2 Å². The van der Waals surface area contributed by atoms with E-state index in [-0.39, 0.29) is 11.5 Å². The van der Waals surface area contributed by atoms with Gasteiger partial charge in [0, 0.05) is 42.2 Å². The Kier molecular flexibility index (Phi) is 4.03. The predicted octanol–water partition coefficient (Wildman–Crippen LogP) is 4.15. The van der Waals surface area contributed by atoms with Gasteiger partial charge in [0.1, 0.15) is 23.5 Å². The van der Waals surface area contributed by atoms with E-state index < -0.39 is 23.5 Å². The number of nitrogens with zero attached hydrogens (tertiary/aromatic N) is 2. The Labute approximate surface area is 148 Å². The zero-order valence-electron chi connectivity index (χ0n) is 13.7. The molecule has 0 radical (unpaired) electrons. The smallest absolute Gasteiger partial charge is 0.254 e. The molecule has 1 atom stereocenters. The standard InChI is InChI=1S/C20H15F3N2O/c21-14-5-3-13(4-6-14)20(26)25-11-10-24-9-1-2-18(24)19(25)16-8-7-15(22)12-17(16)23/h1-9,12,19H,10-11H2/t19-/m0/s1. The van der Waals surface area contributed by atoms with Crippen LogP contribution in [0.1, 0.15) is 27.7 Å². The number of benzene rings is 2. The van der Waals surface area contributed by atoms with Gasteiger partial charge >= 0.3 is 0 Å². The second kappa shape index (κ2) is 6.37. The summed E-state index contributed by atoms with van der Waals surface area (Å²) in [5, 5.41) is 0. The molecule has 0 spiro atoms. The van der Waals surface area contributed by atoms with Crippen LogP contribution in [0.15, 0.2) is 60.8 Å². The third-order valence-corrected chi connectivity index (χ3v) is 4.65. The Morgan fingerprint density at radius 2 is 1.65 bits per heavy atom. The fourth-order valence-corrected chi connectivity index (χ4v) is 3.41. The maximum Gasteiger partial charge on any atom is 0.254 e. The van der Waals surface area contributed by atoms with Gasteiger partial charge in [0.25, 0.3) is 5.91 Å². The molecule has 0 N–H and O–H groups in total. The lowest BCUT2D eigenvalue weighted by Crippen LogP contribution is -2.42. The SMILES string of the molecule is O=C(c1ccc(F)cc1)N1CCn2cccc2[C@@H]1c1ccc(F)cc1F. The quantitative estimate of drug-likeness (QED) is 0.677. The van der Waals surface area contributed by atoms with Crippen LogP contribution in [-0.2, 0) is 6.54 Å². The summed E-state index contributed by atoms with van der Waals surface area (Å²) in [7, 11) is 0. The molecule has 0 aliphatic carbocycles. The van der Waals surface area contributed by atoms with Crippen molar-refractivity contribution in [1.29, 1.82) is 0 Å². The first kappa shape index (κ1) is 16.4. The van der Waals surface area contributed by atoms with E-state index in [9.17, 15) is 18.0 Å². The van der Waals surface area contributed by atoms with Crippen LogP contribution in [0.2, 0.25) is 0 Å². The summed E-state index contributed by atoms with van der Waals surface area (Å²) in [6.45, 7) is 0.925. The molecule has 132 valence electrons. The van der Waals surface area contributed by atoms with Gasteiger partial charge in [-0.2, -0.15) is 0 Å². The van der Waals surface area contributed by atoms with E-state index in [0.29, 0.717) is 18.7 Å². The second-order valence-corrected chi connectivity index (χ2v) is 6.20. The Morgan fingerprint density at radius 1 is 0.923 bits per heavy atom. The number of aromatic nitrogens is 1. The number of carbonyl (C=O) groups excluding carboxylic acids is 1. The first-order chi connectivity index (χ1) is 12.5. The molecule has 0 saturated carbocycles. The number of rotatable bonds is 2. The highest BCUT2D eigenvalue weighted by molar-refractivity contribution is 5.94. The topological polar surface area (TPSA) is 25.2 Å². The number of hydrogen-bond donors (Lipinski definition) is 0. The van der Waals surface area contributed by atoms with Crippen molar-refractivity contribution in [3.63, 3.8) is 0 Å². The Morgan fingerprint density at radius 3 is 2.38 bits per heavy atom. The third kappa shape index (κ3) is 2.77. The molecule has 1 aromatic heterocycles. The lowest BCUT2D eigenvalue weighted by molar-refractivity contribution is 0.0661. The van der Waals surface area contributed by atoms with Crippen molar-refractivity contribution in [3.8, 4) is 0 Å². The van der Waals surface area contributed by atoms with E-state index in [4.69, 9.17) is 0 Å². The second-order valence-electron chi connectivity index (χ2n) is 6.20. The van der Waals surface area contributed by atoms with Crippen LogP contribution in [0.5, 0.6) is 0 Å². The fraction of sp³-hybridized carbons (Fsp3) is 0.150. The molecule has 2 heterocycles. The molecular weight excluding hydrogens is 341 g/mol. The van der Waals surface area contributed by atoms with Gasteiger partial charge in [-0.3, -0.25) is 4.79 Å². The van der Waals surface area contributed by atoms with Crippen molar-refractivity contribution in [2.45, 2.75) is 12.6 Å². The average molecular weight is 356 g/mol. The van der Waals surface area contributed by atoms with E-state index in [2.05, 4.69) is 0 Å². The molecule has 1 amide bonds. The number of carbonyl (C=O) groups is 1. The van der Waals surface area contributed by atoms with Crippen LogP contribution in [-0.4, -0.2) is 21.9 Å². The molecule has 0 bridgehead atoms. The molecule has 1 aliphatic rings. The van der Waals surface area contributed by atoms with Gasteiger partial charge in [-0.1, -0.05) is 6.07 Å². The Hall–Kier alpha value is -3.02. The highest BCUT2D eigenvalue weighted by Crippen LogP contribution is 2.35. The predicted molar refractivity (Wildman–Crippen MR) is 90.1 cm³/mol. The normalized spacial score (nSPS) is 16.4. The molecule has 3 aromatic rings. The van der Waals surface area contributed by atoms with Gasteiger partial charge in [-0.05, 0) is 42.5 Å². The summed E-state index contributed by atoms with van der Waals surface area (Å²) < 4.78 is 43.0. The van der Waals surface area contributed by atoms with E-state index in [1.165, 1.54) is 36.4 Å². The van der Waals surface area contributed by atoms with Crippen LogP contribution >= 0.6 is 0 Å². The number of hydrogen-bond acceptors (Lipinski definition) is 1. The summed E-state index contributed by atoms with van der Waals surface area (Å²) in [5.41, 5.74) is 1.29. The van der Waals surface area contributed by atoms with Crippen LogP contribution < -0.4 is 0 Å².